The minimum absolute atomic E-state index is 0.210. The molecular weight excluding hydrogens is 287 g/mol. The third-order valence-electron chi connectivity index (χ3n) is 1.99. The molecule has 0 atom stereocenters. The maximum Gasteiger partial charge on any atom is 0.673 e. The summed E-state index contributed by atoms with van der Waals surface area (Å²) in [6.07, 6.45) is 3.73. The molecule has 0 spiro atoms. The van der Waals surface area contributed by atoms with Crippen molar-refractivity contribution in [2.45, 2.75) is 13.5 Å². The Kier molecular flexibility index (Phi) is 6.67. The number of methoxy groups -OCH3 is 1. The summed E-state index contributed by atoms with van der Waals surface area (Å²) in [5.74, 6) is 0.235. The minimum Gasteiger partial charge on any atom is -0.465 e. The molecule has 0 aromatic carbocycles. The van der Waals surface area contributed by atoms with Crippen LogP contribution in [0.25, 0.3) is 0 Å². The normalized spacial score (nSPS) is 10.5. The van der Waals surface area contributed by atoms with Gasteiger partial charge in [0.2, 0.25) is 4.86 Å². The van der Waals surface area contributed by atoms with Crippen molar-refractivity contribution in [3.8, 4) is 0 Å². The van der Waals surface area contributed by atoms with Gasteiger partial charge in [0.1, 0.15) is 12.4 Å². The number of rotatable bonds is 3. The molecule has 0 amide bonds. The van der Waals surface area contributed by atoms with E-state index in [4.69, 9.17) is 12.2 Å². The first kappa shape index (κ1) is 17.6. The predicted molar refractivity (Wildman–Crippen MR) is 65.2 cm³/mol. The fraction of sp³-hybridized carbons (Fsp3) is 0.444. The molecule has 10 heteroatoms. The molecule has 0 unspecified atom stereocenters. The quantitative estimate of drug-likeness (QED) is 0.212. The summed E-state index contributed by atoms with van der Waals surface area (Å²) in [6.45, 7) is 2.76. The van der Waals surface area contributed by atoms with Gasteiger partial charge in [0, 0.05) is 0 Å². The molecule has 1 heterocycles. The van der Waals surface area contributed by atoms with Gasteiger partial charge in [-0.1, -0.05) is 12.2 Å². The first-order chi connectivity index (χ1) is 8.61. The first-order valence-corrected chi connectivity index (χ1v) is 5.57. The van der Waals surface area contributed by atoms with E-state index in [0.29, 0.717) is 5.82 Å². The molecule has 0 aliphatic carbocycles. The van der Waals surface area contributed by atoms with Crippen molar-refractivity contribution >= 4 is 30.3 Å². The monoisotopic (exact) mass is 300 g/mol. The number of hydrogen-bond acceptors (Lipinski definition) is 3. The van der Waals surface area contributed by atoms with Crippen LogP contribution in [0.5, 0.6) is 0 Å². The predicted octanol–water partition coefficient (Wildman–Crippen LogP) is 1.52. The number of aryl methyl sites for hydroxylation is 2. The van der Waals surface area contributed by atoms with Crippen molar-refractivity contribution in [2.24, 2.45) is 7.05 Å². The van der Waals surface area contributed by atoms with Crippen LogP contribution >= 0.6 is 12.2 Å². The van der Waals surface area contributed by atoms with Crippen LogP contribution in [-0.4, -0.2) is 29.8 Å². The molecule has 1 aromatic rings. The van der Waals surface area contributed by atoms with Crippen molar-refractivity contribution in [3.05, 3.63) is 18.2 Å². The Bertz CT molecular complexity index is 456. The average Bonchev–Trinajstić information content (AvgIpc) is 2.66. The van der Waals surface area contributed by atoms with Crippen LogP contribution in [-0.2, 0) is 23.1 Å². The summed E-state index contributed by atoms with van der Waals surface area (Å²) < 4.78 is 47.3. The first-order valence-electron chi connectivity index (χ1n) is 5.16. The second kappa shape index (κ2) is 7.22. The lowest BCUT2D eigenvalue weighted by Gasteiger charge is -2.00. The number of ether oxygens (including phenoxy) is 1. The third kappa shape index (κ3) is 6.32. The van der Waals surface area contributed by atoms with Gasteiger partial charge in [-0.2, -0.15) is 0 Å². The molecule has 0 aliphatic heterocycles. The highest BCUT2D eigenvalue weighted by atomic mass is 32.1. The lowest BCUT2D eigenvalue weighted by molar-refractivity contribution is -0.693. The van der Waals surface area contributed by atoms with E-state index >= 15 is 0 Å². The lowest BCUT2D eigenvalue weighted by Crippen LogP contribution is -2.40. The van der Waals surface area contributed by atoms with Crippen molar-refractivity contribution in [1.29, 1.82) is 0 Å². The van der Waals surface area contributed by atoms with Gasteiger partial charge >= 0.3 is 19.0 Å². The Morgan fingerprint density at radius 2 is 1.95 bits per heavy atom. The van der Waals surface area contributed by atoms with Crippen molar-refractivity contribution in [2.75, 3.05) is 7.11 Å². The zero-order chi connectivity index (χ0) is 15.2. The minimum atomic E-state index is -6.00. The molecule has 0 radical (unpaired) electrons. The van der Waals surface area contributed by atoms with E-state index in [-0.39, 0.29) is 4.86 Å². The summed E-state index contributed by atoms with van der Waals surface area (Å²) >= 11 is 5.02. The number of nitrogens with zero attached hydrogens (tertiary/aromatic N) is 2. The number of aromatic nitrogens is 2. The van der Waals surface area contributed by atoms with Gasteiger partial charge in [0.15, 0.2) is 0 Å². The van der Waals surface area contributed by atoms with Crippen LogP contribution in [0.2, 0.25) is 0 Å². The standard InChI is InChI=1S/C9H13N2O2S.BF4/c1-4-11-6-5-10(2)8(11)7(14)9(12)13-3;2-1(3,4)5/h5-6H,4H2,1-3H3;/q+1;-1. The van der Waals surface area contributed by atoms with Crippen LogP contribution in [0.15, 0.2) is 12.4 Å². The average molecular weight is 300 g/mol. The number of imidazole rings is 1. The highest BCUT2D eigenvalue weighted by Gasteiger charge is 2.25. The van der Waals surface area contributed by atoms with Crippen LogP contribution in [0.3, 0.4) is 0 Å². The zero-order valence-electron chi connectivity index (χ0n) is 10.6. The Morgan fingerprint density at radius 1 is 1.47 bits per heavy atom. The number of thiocarbonyl (C=S) groups is 1. The number of halogens is 4. The summed E-state index contributed by atoms with van der Waals surface area (Å²) in [5.41, 5.74) is 0. The third-order valence-corrected chi connectivity index (χ3v) is 2.34. The SMILES string of the molecule is CC[n+]1ccn(C)c1C(=S)C(=O)OC.F[B-](F)(F)F. The molecule has 1 aromatic heterocycles. The van der Waals surface area contributed by atoms with E-state index in [1.54, 1.807) is 0 Å². The van der Waals surface area contributed by atoms with Gasteiger partial charge in [-0.05, 0) is 6.92 Å². The summed E-state index contributed by atoms with van der Waals surface area (Å²) in [4.78, 5) is 11.5. The molecule has 0 aliphatic rings. The molecular formula is C9H13BF4N2O2S. The number of carbonyl (C=O) groups excluding carboxylic acids is 1. The van der Waals surface area contributed by atoms with E-state index in [0.717, 1.165) is 6.54 Å². The smallest absolute Gasteiger partial charge is 0.465 e. The van der Waals surface area contributed by atoms with Crippen LogP contribution in [0, 0.1) is 0 Å². The van der Waals surface area contributed by atoms with Crippen molar-refractivity contribution in [3.63, 3.8) is 0 Å². The van der Waals surface area contributed by atoms with Gasteiger partial charge in [0.25, 0.3) is 0 Å². The number of hydrogen-bond donors (Lipinski definition) is 0. The maximum absolute atomic E-state index is 11.2. The van der Waals surface area contributed by atoms with E-state index < -0.39 is 13.2 Å². The van der Waals surface area contributed by atoms with Gasteiger partial charge in [-0.3, -0.25) is 0 Å². The van der Waals surface area contributed by atoms with Crippen LogP contribution < -0.4 is 4.57 Å². The molecule has 0 N–H and O–H groups in total. The number of carbonyl (C=O) groups is 1. The summed E-state index contributed by atoms with van der Waals surface area (Å²) in [5, 5.41) is 0. The van der Waals surface area contributed by atoms with Crippen molar-refractivity contribution in [1.82, 2.24) is 4.57 Å². The second-order valence-corrected chi connectivity index (χ2v) is 3.74. The summed E-state index contributed by atoms with van der Waals surface area (Å²) in [7, 11) is -2.83. The largest absolute Gasteiger partial charge is 0.673 e. The lowest BCUT2D eigenvalue weighted by atomic mass is 10.3. The summed E-state index contributed by atoms with van der Waals surface area (Å²) in [6, 6.07) is 0. The molecule has 1 rings (SSSR count). The van der Waals surface area contributed by atoms with Crippen LogP contribution in [0.1, 0.15) is 12.7 Å². The Hall–Kier alpha value is -1.45. The maximum atomic E-state index is 11.2. The molecule has 0 bridgehead atoms. The van der Waals surface area contributed by atoms with Gasteiger partial charge in [-0.25, -0.2) is 13.9 Å². The molecule has 4 nitrogen and oxygen atoms in total. The Labute approximate surface area is 113 Å². The second-order valence-electron chi connectivity index (χ2n) is 3.33. The molecule has 19 heavy (non-hydrogen) atoms. The highest BCUT2D eigenvalue weighted by Crippen LogP contribution is 2.06. The molecule has 0 fully saturated rings. The van der Waals surface area contributed by atoms with E-state index in [2.05, 4.69) is 4.74 Å². The molecule has 108 valence electrons. The Balaban J connectivity index is 0.000000555. The topological polar surface area (TPSA) is 35.1 Å². The number of esters is 1. The van der Waals surface area contributed by atoms with Gasteiger partial charge in [-0.15, -0.1) is 0 Å². The molecule has 0 saturated heterocycles. The zero-order valence-corrected chi connectivity index (χ0v) is 11.4. The fourth-order valence-electron chi connectivity index (χ4n) is 1.25. The highest BCUT2D eigenvalue weighted by molar-refractivity contribution is 7.82. The van der Waals surface area contributed by atoms with Crippen molar-refractivity contribution < 1.29 is 31.4 Å². The van der Waals surface area contributed by atoms with Gasteiger partial charge < -0.3 is 22.0 Å². The van der Waals surface area contributed by atoms with E-state index in [1.807, 2.05) is 35.5 Å². The van der Waals surface area contributed by atoms with Gasteiger partial charge in [0.05, 0.1) is 20.7 Å². The van der Waals surface area contributed by atoms with E-state index in [1.165, 1.54) is 7.11 Å². The van der Waals surface area contributed by atoms with E-state index in [9.17, 15) is 22.1 Å². The Morgan fingerprint density at radius 3 is 2.32 bits per heavy atom. The van der Waals surface area contributed by atoms with Crippen LogP contribution in [0.4, 0.5) is 17.3 Å². The molecule has 0 saturated carbocycles. The fourth-order valence-corrected chi connectivity index (χ4v) is 1.60.